The summed E-state index contributed by atoms with van der Waals surface area (Å²) < 4.78 is 15.2. The third-order valence-electron chi connectivity index (χ3n) is 2.34. The molecule has 1 saturated heterocycles. The van der Waals surface area contributed by atoms with Gasteiger partial charge < -0.3 is 14.2 Å². The standard InChI is InChI=1S/C12H14O4/c1-12(9-15-11(13)16-12)8-14-7-10-5-3-2-4-6-10/h2-6H,7-9H2,1H3. The van der Waals surface area contributed by atoms with E-state index in [1.54, 1.807) is 6.92 Å². The molecule has 0 spiro atoms. The second kappa shape index (κ2) is 4.53. The van der Waals surface area contributed by atoms with E-state index in [0.29, 0.717) is 13.2 Å². The molecule has 0 radical (unpaired) electrons. The Balaban J connectivity index is 1.78. The average Bonchev–Trinajstić information content (AvgIpc) is 2.60. The van der Waals surface area contributed by atoms with Crippen LogP contribution >= 0.6 is 0 Å². The first-order valence-corrected chi connectivity index (χ1v) is 5.15. The van der Waals surface area contributed by atoms with Crippen LogP contribution in [-0.4, -0.2) is 25.0 Å². The smallest absolute Gasteiger partial charge is 0.430 e. The predicted octanol–water partition coefficient (Wildman–Crippen LogP) is 2.13. The number of carbonyl (C=O) groups excluding carboxylic acids is 1. The van der Waals surface area contributed by atoms with E-state index in [4.69, 9.17) is 14.2 Å². The fourth-order valence-electron chi connectivity index (χ4n) is 1.50. The van der Waals surface area contributed by atoms with Crippen molar-refractivity contribution in [1.29, 1.82) is 0 Å². The molecule has 4 nitrogen and oxygen atoms in total. The first-order chi connectivity index (χ1) is 7.68. The van der Waals surface area contributed by atoms with Crippen LogP contribution in [0.2, 0.25) is 0 Å². The number of cyclic esters (lactones) is 2. The lowest BCUT2D eigenvalue weighted by molar-refractivity contribution is -0.0214. The Bertz CT molecular complexity index is 363. The summed E-state index contributed by atoms with van der Waals surface area (Å²) in [6, 6.07) is 9.84. The zero-order valence-corrected chi connectivity index (χ0v) is 9.14. The van der Waals surface area contributed by atoms with Gasteiger partial charge in [-0.1, -0.05) is 30.3 Å². The van der Waals surface area contributed by atoms with Crippen molar-refractivity contribution in [2.24, 2.45) is 0 Å². The third-order valence-corrected chi connectivity index (χ3v) is 2.34. The molecule has 1 atom stereocenters. The molecule has 1 heterocycles. The Labute approximate surface area is 94.1 Å². The van der Waals surface area contributed by atoms with E-state index < -0.39 is 11.8 Å². The maximum atomic E-state index is 10.8. The fourth-order valence-corrected chi connectivity index (χ4v) is 1.50. The van der Waals surface area contributed by atoms with Gasteiger partial charge in [-0.25, -0.2) is 4.79 Å². The number of hydrogen-bond acceptors (Lipinski definition) is 4. The maximum absolute atomic E-state index is 10.8. The zero-order valence-electron chi connectivity index (χ0n) is 9.14. The summed E-state index contributed by atoms with van der Waals surface area (Å²) in [5.74, 6) is 0. The lowest BCUT2D eigenvalue weighted by Gasteiger charge is -2.19. The fraction of sp³-hybridized carbons (Fsp3) is 0.417. The Morgan fingerprint density at radius 3 is 2.75 bits per heavy atom. The molecule has 1 aromatic carbocycles. The van der Waals surface area contributed by atoms with Crippen LogP contribution in [0.3, 0.4) is 0 Å². The van der Waals surface area contributed by atoms with Crippen LogP contribution in [0.5, 0.6) is 0 Å². The zero-order chi connectivity index (χ0) is 11.4. The minimum Gasteiger partial charge on any atom is -0.430 e. The van der Waals surface area contributed by atoms with E-state index in [9.17, 15) is 4.79 Å². The van der Waals surface area contributed by atoms with E-state index in [1.807, 2.05) is 30.3 Å². The molecule has 1 aliphatic rings. The van der Waals surface area contributed by atoms with Gasteiger partial charge in [-0.2, -0.15) is 0 Å². The Hall–Kier alpha value is -1.55. The van der Waals surface area contributed by atoms with Crippen molar-refractivity contribution in [3.05, 3.63) is 35.9 Å². The normalized spacial score (nSPS) is 23.9. The Kier molecular flexibility index (Phi) is 3.10. The van der Waals surface area contributed by atoms with Gasteiger partial charge >= 0.3 is 6.16 Å². The summed E-state index contributed by atoms with van der Waals surface area (Å²) in [6.07, 6.45) is -0.620. The van der Waals surface area contributed by atoms with E-state index in [0.717, 1.165) is 5.56 Å². The Morgan fingerprint density at radius 1 is 1.38 bits per heavy atom. The predicted molar refractivity (Wildman–Crippen MR) is 56.9 cm³/mol. The monoisotopic (exact) mass is 222 g/mol. The SMILES string of the molecule is CC1(COCc2ccccc2)COC(=O)O1. The molecule has 1 unspecified atom stereocenters. The molecule has 1 aliphatic heterocycles. The number of ether oxygens (including phenoxy) is 3. The van der Waals surface area contributed by atoms with Gasteiger partial charge in [0.1, 0.15) is 6.61 Å². The van der Waals surface area contributed by atoms with Crippen LogP contribution in [-0.2, 0) is 20.8 Å². The van der Waals surface area contributed by atoms with Gasteiger partial charge in [0.05, 0.1) is 13.2 Å². The third kappa shape index (κ3) is 2.73. The molecule has 16 heavy (non-hydrogen) atoms. The van der Waals surface area contributed by atoms with Crippen LogP contribution in [0.1, 0.15) is 12.5 Å². The highest BCUT2D eigenvalue weighted by Crippen LogP contribution is 2.20. The van der Waals surface area contributed by atoms with Crippen molar-refractivity contribution in [1.82, 2.24) is 0 Å². The quantitative estimate of drug-likeness (QED) is 0.732. The molecular formula is C12H14O4. The van der Waals surface area contributed by atoms with Crippen molar-refractivity contribution < 1.29 is 19.0 Å². The van der Waals surface area contributed by atoms with Gasteiger partial charge in [0, 0.05) is 0 Å². The minimum atomic E-state index is -0.647. The van der Waals surface area contributed by atoms with Gasteiger partial charge in [0.2, 0.25) is 0 Å². The maximum Gasteiger partial charge on any atom is 0.509 e. The summed E-state index contributed by atoms with van der Waals surface area (Å²) >= 11 is 0. The highest BCUT2D eigenvalue weighted by Gasteiger charge is 2.38. The molecule has 0 N–H and O–H groups in total. The van der Waals surface area contributed by atoms with Crippen molar-refractivity contribution in [2.45, 2.75) is 19.1 Å². The summed E-state index contributed by atoms with van der Waals surface area (Å²) in [5, 5.41) is 0. The highest BCUT2D eigenvalue weighted by atomic mass is 16.8. The van der Waals surface area contributed by atoms with Crippen molar-refractivity contribution in [2.75, 3.05) is 13.2 Å². The number of hydrogen-bond donors (Lipinski definition) is 0. The number of carbonyl (C=O) groups is 1. The molecule has 4 heteroatoms. The molecule has 0 aliphatic carbocycles. The summed E-state index contributed by atoms with van der Waals surface area (Å²) in [6.45, 7) is 2.89. The molecule has 2 rings (SSSR count). The largest absolute Gasteiger partial charge is 0.509 e. The minimum absolute atomic E-state index is 0.251. The van der Waals surface area contributed by atoms with Crippen molar-refractivity contribution >= 4 is 6.16 Å². The van der Waals surface area contributed by atoms with Crippen molar-refractivity contribution in [3.8, 4) is 0 Å². The molecule has 86 valence electrons. The second-order valence-corrected chi connectivity index (χ2v) is 4.07. The highest BCUT2D eigenvalue weighted by molar-refractivity contribution is 5.62. The van der Waals surface area contributed by atoms with Gasteiger partial charge in [-0.3, -0.25) is 0 Å². The number of rotatable bonds is 4. The van der Waals surface area contributed by atoms with Crippen LogP contribution in [0.15, 0.2) is 30.3 Å². The lowest BCUT2D eigenvalue weighted by atomic mass is 10.1. The van der Waals surface area contributed by atoms with Crippen LogP contribution < -0.4 is 0 Å². The molecule has 0 amide bonds. The summed E-state index contributed by atoms with van der Waals surface area (Å²) in [4.78, 5) is 10.8. The van der Waals surface area contributed by atoms with Gasteiger partial charge in [0.25, 0.3) is 0 Å². The lowest BCUT2D eigenvalue weighted by Crippen LogP contribution is -2.33. The summed E-state index contributed by atoms with van der Waals surface area (Å²) in [7, 11) is 0. The van der Waals surface area contributed by atoms with Crippen LogP contribution in [0, 0.1) is 0 Å². The second-order valence-electron chi connectivity index (χ2n) is 4.07. The van der Waals surface area contributed by atoms with Gasteiger partial charge in [-0.05, 0) is 12.5 Å². The summed E-state index contributed by atoms with van der Waals surface area (Å²) in [5.41, 5.74) is 0.447. The molecular weight excluding hydrogens is 208 g/mol. The molecule has 0 saturated carbocycles. The van der Waals surface area contributed by atoms with E-state index >= 15 is 0 Å². The van der Waals surface area contributed by atoms with Crippen LogP contribution in [0.25, 0.3) is 0 Å². The molecule has 1 aromatic rings. The number of benzene rings is 1. The topological polar surface area (TPSA) is 44.8 Å². The first kappa shape index (κ1) is 11.0. The Morgan fingerprint density at radius 2 is 2.12 bits per heavy atom. The molecule has 0 bridgehead atoms. The average molecular weight is 222 g/mol. The van der Waals surface area contributed by atoms with E-state index in [-0.39, 0.29) is 6.61 Å². The van der Waals surface area contributed by atoms with Gasteiger partial charge in [0.15, 0.2) is 5.60 Å². The first-order valence-electron chi connectivity index (χ1n) is 5.15. The van der Waals surface area contributed by atoms with Crippen LogP contribution in [0.4, 0.5) is 4.79 Å². The van der Waals surface area contributed by atoms with E-state index in [2.05, 4.69) is 0 Å². The van der Waals surface area contributed by atoms with Gasteiger partial charge in [-0.15, -0.1) is 0 Å². The molecule has 1 fully saturated rings. The van der Waals surface area contributed by atoms with Crippen molar-refractivity contribution in [3.63, 3.8) is 0 Å². The van der Waals surface area contributed by atoms with E-state index in [1.165, 1.54) is 0 Å². The molecule has 0 aromatic heterocycles.